The number of methoxy groups -OCH3 is 1. The van der Waals surface area contributed by atoms with Crippen molar-refractivity contribution < 1.29 is 22.3 Å². The highest BCUT2D eigenvalue weighted by atomic mass is 35.5. The largest absolute Gasteiger partial charge is 0.495 e. The minimum atomic E-state index is -4.09. The predicted octanol–water partition coefficient (Wildman–Crippen LogP) is 5.43. The summed E-state index contributed by atoms with van der Waals surface area (Å²) in [5, 5.41) is 3.11. The SMILES string of the molecule is COc1ccc(Cl)cc1N(CC(=O)NCCCSCc1ccc(F)cc1)S(=O)(=O)c1ccc(C)cc1. The van der Waals surface area contributed by atoms with Crippen LogP contribution in [0.1, 0.15) is 17.5 Å². The Bertz CT molecular complexity index is 1270. The smallest absolute Gasteiger partial charge is 0.264 e. The first kappa shape index (κ1) is 27.8. The Hall–Kier alpha value is -2.75. The van der Waals surface area contributed by atoms with Crippen LogP contribution in [0.25, 0.3) is 0 Å². The van der Waals surface area contributed by atoms with E-state index in [1.807, 2.05) is 6.92 Å². The molecule has 0 aliphatic carbocycles. The number of carbonyl (C=O) groups is 1. The molecule has 6 nitrogen and oxygen atoms in total. The van der Waals surface area contributed by atoms with Gasteiger partial charge in [-0.15, -0.1) is 0 Å². The predicted molar refractivity (Wildman–Crippen MR) is 144 cm³/mol. The van der Waals surface area contributed by atoms with Gasteiger partial charge in [0.15, 0.2) is 0 Å². The van der Waals surface area contributed by atoms with Crippen LogP contribution >= 0.6 is 23.4 Å². The van der Waals surface area contributed by atoms with Crippen molar-refractivity contribution in [3.63, 3.8) is 0 Å². The van der Waals surface area contributed by atoms with E-state index < -0.39 is 22.5 Å². The topological polar surface area (TPSA) is 75.7 Å². The monoisotopic (exact) mass is 550 g/mol. The molecule has 3 aromatic carbocycles. The van der Waals surface area contributed by atoms with Gasteiger partial charge in [0.1, 0.15) is 18.1 Å². The molecule has 0 bridgehead atoms. The summed E-state index contributed by atoms with van der Waals surface area (Å²) in [6.45, 7) is 1.82. The number of rotatable bonds is 12. The molecule has 3 rings (SSSR count). The van der Waals surface area contributed by atoms with Crippen molar-refractivity contribution in [3.05, 3.63) is 88.7 Å². The fourth-order valence-corrected chi connectivity index (χ4v) is 5.86. The summed E-state index contributed by atoms with van der Waals surface area (Å²) in [5.74, 6) is 1.09. The third-order valence-corrected chi connectivity index (χ3v) is 8.40. The van der Waals surface area contributed by atoms with Crippen LogP contribution in [-0.4, -0.2) is 40.3 Å². The molecule has 1 N–H and O–H groups in total. The van der Waals surface area contributed by atoms with E-state index in [-0.39, 0.29) is 22.1 Å². The number of sulfonamides is 1. The molecule has 0 spiro atoms. The molecule has 0 saturated carbocycles. The maximum atomic E-state index is 13.6. The van der Waals surface area contributed by atoms with E-state index in [4.69, 9.17) is 16.3 Å². The Morgan fingerprint density at radius 2 is 1.78 bits per heavy atom. The molecule has 0 heterocycles. The van der Waals surface area contributed by atoms with Gasteiger partial charge in [-0.25, -0.2) is 12.8 Å². The fourth-order valence-electron chi connectivity index (χ4n) is 3.35. The third kappa shape index (κ3) is 7.62. The number of ether oxygens (including phenoxy) is 1. The Morgan fingerprint density at radius 1 is 1.08 bits per heavy atom. The minimum Gasteiger partial charge on any atom is -0.495 e. The van der Waals surface area contributed by atoms with Crippen LogP contribution in [0.15, 0.2) is 71.6 Å². The van der Waals surface area contributed by atoms with Crippen LogP contribution in [0.5, 0.6) is 5.75 Å². The van der Waals surface area contributed by atoms with Crippen LogP contribution < -0.4 is 14.4 Å². The van der Waals surface area contributed by atoms with Crippen molar-refractivity contribution in [1.29, 1.82) is 0 Å². The van der Waals surface area contributed by atoms with Crippen LogP contribution in [0.2, 0.25) is 5.02 Å². The average Bonchev–Trinajstić information content (AvgIpc) is 2.86. The maximum absolute atomic E-state index is 13.6. The summed E-state index contributed by atoms with van der Waals surface area (Å²) in [7, 11) is -2.66. The second-order valence-corrected chi connectivity index (χ2v) is 11.4. The van der Waals surface area contributed by atoms with Crippen LogP contribution in [-0.2, 0) is 20.6 Å². The molecule has 0 unspecified atom stereocenters. The zero-order chi connectivity index (χ0) is 26.1. The number of nitrogens with one attached hydrogen (secondary N) is 1. The number of hydrogen-bond donors (Lipinski definition) is 1. The molecule has 0 radical (unpaired) electrons. The van der Waals surface area contributed by atoms with Crippen molar-refractivity contribution in [2.75, 3.05) is 30.3 Å². The molecule has 0 atom stereocenters. The lowest BCUT2D eigenvalue weighted by molar-refractivity contribution is -0.119. The van der Waals surface area contributed by atoms with Crippen molar-refractivity contribution in [2.45, 2.75) is 24.0 Å². The van der Waals surface area contributed by atoms with E-state index in [1.165, 1.54) is 37.4 Å². The zero-order valence-corrected chi connectivity index (χ0v) is 22.4. The molecular formula is C26H28ClFN2O4S2. The van der Waals surface area contributed by atoms with E-state index in [2.05, 4.69) is 5.32 Å². The van der Waals surface area contributed by atoms with Gasteiger partial charge in [-0.1, -0.05) is 41.4 Å². The van der Waals surface area contributed by atoms with Crippen LogP contribution in [0, 0.1) is 12.7 Å². The average molecular weight is 551 g/mol. The van der Waals surface area contributed by atoms with Gasteiger partial charge >= 0.3 is 0 Å². The molecule has 0 aromatic heterocycles. The standard InChI is InChI=1S/C26H28ClFN2O4S2/c1-19-4-11-23(12-5-19)36(32,33)30(24-16-21(27)8-13-25(24)34-2)17-26(31)29-14-3-15-35-18-20-6-9-22(28)10-7-20/h4-13,16H,3,14-15,17-18H2,1-2H3,(H,29,31). The third-order valence-electron chi connectivity index (χ3n) is 5.28. The van der Waals surface area contributed by atoms with Gasteiger partial charge in [0, 0.05) is 17.3 Å². The molecule has 0 fully saturated rings. The Balaban J connectivity index is 1.66. The number of thioether (sulfide) groups is 1. The Morgan fingerprint density at radius 3 is 2.44 bits per heavy atom. The normalized spacial score (nSPS) is 11.2. The number of amides is 1. The van der Waals surface area contributed by atoms with Gasteiger partial charge in [0.25, 0.3) is 10.0 Å². The fraction of sp³-hybridized carbons (Fsp3) is 0.269. The molecule has 1 amide bonds. The summed E-state index contributed by atoms with van der Waals surface area (Å²) in [4.78, 5) is 12.9. The lowest BCUT2D eigenvalue weighted by atomic mass is 10.2. The number of benzene rings is 3. The van der Waals surface area contributed by atoms with Crippen LogP contribution in [0.4, 0.5) is 10.1 Å². The summed E-state index contributed by atoms with van der Waals surface area (Å²) in [6, 6.07) is 17.4. The number of anilines is 1. The highest BCUT2D eigenvalue weighted by molar-refractivity contribution is 7.98. The molecule has 0 aliphatic heterocycles. The molecule has 36 heavy (non-hydrogen) atoms. The van der Waals surface area contributed by atoms with E-state index in [9.17, 15) is 17.6 Å². The summed E-state index contributed by atoms with van der Waals surface area (Å²) in [6.07, 6.45) is 0.697. The van der Waals surface area contributed by atoms with Crippen molar-refractivity contribution in [1.82, 2.24) is 5.32 Å². The van der Waals surface area contributed by atoms with Gasteiger partial charge in [0.2, 0.25) is 5.91 Å². The Labute approximate surface area is 220 Å². The van der Waals surface area contributed by atoms with Crippen molar-refractivity contribution in [2.24, 2.45) is 0 Å². The zero-order valence-electron chi connectivity index (χ0n) is 20.0. The van der Waals surface area contributed by atoms with Gasteiger partial charge < -0.3 is 10.1 Å². The lowest BCUT2D eigenvalue weighted by Gasteiger charge is -2.26. The van der Waals surface area contributed by atoms with Crippen molar-refractivity contribution >= 4 is 45.0 Å². The van der Waals surface area contributed by atoms with E-state index in [1.54, 1.807) is 48.2 Å². The van der Waals surface area contributed by atoms with Gasteiger partial charge in [-0.2, -0.15) is 11.8 Å². The summed E-state index contributed by atoms with van der Waals surface area (Å²) < 4.78 is 46.5. The van der Waals surface area contributed by atoms with Gasteiger partial charge in [0.05, 0.1) is 17.7 Å². The number of hydrogen-bond acceptors (Lipinski definition) is 5. The lowest BCUT2D eigenvalue weighted by Crippen LogP contribution is -2.41. The van der Waals surface area contributed by atoms with Crippen molar-refractivity contribution in [3.8, 4) is 5.75 Å². The second kappa shape index (κ2) is 13.0. The van der Waals surface area contributed by atoms with E-state index in [0.29, 0.717) is 18.0 Å². The number of halogens is 2. The molecular weight excluding hydrogens is 523 g/mol. The number of aryl methyl sites for hydroxylation is 1. The molecule has 0 aliphatic rings. The minimum absolute atomic E-state index is 0.0557. The Kier molecular flexibility index (Phi) is 10.0. The van der Waals surface area contributed by atoms with Crippen LogP contribution in [0.3, 0.4) is 0 Å². The first-order valence-corrected chi connectivity index (χ1v) is 14.2. The number of nitrogens with zero attached hydrogens (tertiary/aromatic N) is 1. The number of carbonyl (C=O) groups excluding carboxylic acids is 1. The van der Waals surface area contributed by atoms with E-state index in [0.717, 1.165) is 26.9 Å². The first-order valence-electron chi connectivity index (χ1n) is 11.2. The molecule has 10 heteroatoms. The maximum Gasteiger partial charge on any atom is 0.264 e. The molecule has 192 valence electrons. The first-order chi connectivity index (χ1) is 17.2. The summed E-state index contributed by atoms with van der Waals surface area (Å²) in [5.41, 5.74) is 2.12. The van der Waals surface area contributed by atoms with Gasteiger partial charge in [-0.3, -0.25) is 9.10 Å². The molecule has 3 aromatic rings. The summed E-state index contributed by atoms with van der Waals surface area (Å²) >= 11 is 7.83. The second-order valence-electron chi connectivity index (χ2n) is 8.02. The van der Waals surface area contributed by atoms with Gasteiger partial charge in [-0.05, 0) is 67.1 Å². The molecule has 0 saturated heterocycles. The van der Waals surface area contributed by atoms with E-state index >= 15 is 0 Å². The highest BCUT2D eigenvalue weighted by Crippen LogP contribution is 2.34. The highest BCUT2D eigenvalue weighted by Gasteiger charge is 2.29. The quantitative estimate of drug-likeness (QED) is 0.304.